The van der Waals surface area contributed by atoms with Gasteiger partial charge in [0.15, 0.2) is 0 Å². The molecule has 3 rings (SSSR count). The van der Waals surface area contributed by atoms with Gasteiger partial charge in [-0.05, 0) is 18.2 Å². The van der Waals surface area contributed by atoms with Crippen molar-refractivity contribution in [3.63, 3.8) is 0 Å². The summed E-state index contributed by atoms with van der Waals surface area (Å²) in [5.74, 6) is 0.867. The highest BCUT2D eigenvalue weighted by Crippen LogP contribution is 2.29. The van der Waals surface area contributed by atoms with Crippen molar-refractivity contribution < 1.29 is 14.3 Å². The minimum Gasteiger partial charge on any atom is -0.497 e. The summed E-state index contributed by atoms with van der Waals surface area (Å²) in [5, 5.41) is 8.27. The summed E-state index contributed by atoms with van der Waals surface area (Å²) in [7, 11) is 4.65. The molecule has 1 heterocycles. The van der Waals surface area contributed by atoms with Crippen LogP contribution in [0.5, 0.6) is 11.5 Å². The molecule has 0 saturated heterocycles. The van der Waals surface area contributed by atoms with Crippen LogP contribution in [0.1, 0.15) is 5.69 Å². The molecule has 0 spiro atoms. The first-order valence-electron chi connectivity index (χ1n) is 8.00. The van der Waals surface area contributed by atoms with Gasteiger partial charge in [-0.15, -0.1) is 0 Å². The normalized spacial score (nSPS) is 10.6. The number of nitrogens with one attached hydrogen (secondary N) is 1. The highest BCUT2D eigenvalue weighted by atomic mass is 16.5. The Morgan fingerprint density at radius 2 is 1.85 bits per heavy atom. The van der Waals surface area contributed by atoms with Crippen LogP contribution in [-0.2, 0) is 18.3 Å². The van der Waals surface area contributed by atoms with Crippen molar-refractivity contribution in [1.82, 2.24) is 9.78 Å². The lowest BCUT2D eigenvalue weighted by Gasteiger charge is -2.12. The van der Waals surface area contributed by atoms with Crippen LogP contribution in [0.25, 0.3) is 10.8 Å². The van der Waals surface area contributed by atoms with Crippen LogP contribution in [-0.4, -0.2) is 29.9 Å². The molecule has 0 bridgehead atoms. The van der Waals surface area contributed by atoms with E-state index < -0.39 is 0 Å². The molecule has 26 heavy (non-hydrogen) atoms. The molecule has 0 aliphatic heterocycles. The zero-order valence-corrected chi connectivity index (χ0v) is 14.8. The predicted octanol–water partition coefficient (Wildman–Crippen LogP) is 2.13. The number of rotatable bonds is 5. The number of fused-ring (bicyclic) bond motifs is 1. The Balaban J connectivity index is 1.89. The lowest BCUT2D eigenvalue weighted by molar-refractivity contribution is -0.115. The second kappa shape index (κ2) is 7.26. The fourth-order valence-electron chi connectivity index (χ4n) is 2.75. The Morgan fingerprint density at radius 3 is 2.54 bits per heavy atom. The maximum atomic E-state index is 12.5. The van der Waals surface area contributed by atoms with E-state index in [2.05, 4.69) is 10.4 Å². The first-order chi connectivity index (χ1) is 12.5. The zero-order valence-electron chi connectivity index (χ0n) is 14.8. The Hall–Kier alpha value is -3.35. The van der Waals surface area contributed by atoms with E-state index in [0.717, 1.165) is 0 Å². The number of nitrogens with zero attached hydrogens (tertiary/aromatic N) is 2. The molecule has 0 fully saturated rings. The summed E-state index contributed by atoms with van der Waals surface area (Å²) in [6.07, 6.45) is 0.0316. The number of carbonyl (C=O) groups is 1. The molecule has 0 unspecified atom stereocenters. The van der Waals surface area contributed by atoms with E-state index in [0.29, 0.717) is 33.7 Å². The van der Waals surface area contributed by atoms with E-state index >= 15 is 0 Å². The molecular weight excluding hydrogens is 334 g/mol. The summed E-state index contributed by atoms with van der Waals surface area (Å²) in [4.78, 5) is 24.7. The fourth-order valence-corrected chi connectivity index (χ4v) is 2.75. The van der Waals surface area contributed by atoms with Crippen LogP contribution in [0.2, 0.25) is 0 Å². The SMILES string of the molecule is COc1ccc(NC(=O)Cc2nn(C)c(=O)c3ccccc23)c(OC)c1. The number of hydrogen-bond donors (Lipinski definition) is 1. The van der Waals surface area contributed by atoms with Crippen molar-refractivity contribution in [2.45, 2.75) is 6.42 Å². The molecule has 0 atom stereocenters. The van der Waals surface area contributed by atoms with Crippen LogP contribution >= 0.6 is 0 Å². The Labute approximate surface area is 150 Å². The molecule has 7 nitrogen and oxygen atoms in total. The molecular formula is C19H19N3O4. The molecule has 0 saturated carbocycles. The molecule has 1 amide bonds. The molecule has 3 aromatic rings. The van der Waals surface area contributed by atoms with Gasteiger partial charge in [-0.2, -0.15) is 5.10 Å². The number of ether oxygens (including phenoxy) is 2. The van der Waals surface area contributed by atoms with E-state index in [-0.39, 0.29) is 17.9 Å². The molecule has 2 aromatic carbocycles. The maximum absolute atomic E-state index is 12.5. The van der Waals surface area contributed by atoms with Gasteiger partial charge in [0.05, 0.1) is 37.4 Å². The summed E-state index contributed by atoms with van der Waals surface area (Å²) in [5.41, 5.74) is 0.877. The number of hydrogen-bond acceptors (Lipinski definition) is 5. The maximum Gasteiger partial charge on any atom is 0.274 e. The van der Waals surface area contributed by atoms with Crippen molar-refractivity contribution in [2.24, 2.45) is 7.05 Å². The lowest BCUT2D eigenvalue weighted by Crippen LogP contribution is -2.24. The number of aryl methyl sites for hydroxylation is 1. The van der Waals surface area contributed by atoms with E-state index in [9.17, 15) is 9.59 Å². The number of carbonyl (C=O) groups excluding carboxylic acids is 1. The van der Waals surface area contributed by atoms with Gasteiger partial charge in [0.2, 0.25) is 5.91 Å². The van der Waals surface area contributed by atoms with E-state index in [4.69, 9.17) is 9.47 Å². The number of aromatic nitrogens is 2. The van der Waals surface area contributed by atoms with Gasteiger partial charge >= 0.3 is 0 Å². The minimum absolute atomic E-state index is 0.0316. The van der Waals surface area contributed by atoms with Gasteiger partial charge in [0.1, 0.15) is 11.5 Å². The standard InChI is InChI=1S/C19H19N3O4/c1-22-19(24)14-7-5-4-6-13(14)16(21-22)11-18(23)20-15-9-8-12(25-2)10-17(15)26-3/h4-10H,11H2,1-3H3,(H,20,23). The molecule has 0 aliphatic carbocycles. The summed E-state index contributed by atoms with van der Waals surface area (Å²) in [6, 6.07) is 12.3. The highest BCUT2D eigenvalue weighted by Gasteiger charge is 2.14. The first kappa shape index (κ1) is 17.5. The van der Waals surface area contributed by atoms with Gasteiger partial charge in [0.25, 0.3) is 5.56 Å². The van der Waals surface area contributed by atoms with Crippen molar-refractivity contribution in [2.75, 3.05) is 19.5 Å². The molecule has 0 radical (unpaired) electrons. The number of methoxy groups -OCH3 is 2. The molecule has 0 aliphatic rings. The topological polar surface area (TPSA) is 82.5 Å². The Bertz CT molecular complexity index is 1030. The largest absolute Gasteiger partial charge is 0.497 e. The van der Waals surface area contributed by atoms with Gasteiger partial charge < -0.3 is 14.8 Å². The Morgan fingerprint density at radius 1 is 1.12 bits per heavy atom. The lowest BCUT2D eigenvalue weighted by atomic mass is 10.1. The monoisotopic (exact) mass is 353 g/mol. The van der Waals surface area contributed by atoms with Crippen molar-refractivity contribution in [1.29, 1.82) is 0 Å². The quantitative estimate of drug-likeness (QED) is 0.760. The highest BCUT2D eigenvalue weighted by molar-refractivity contribution is 5.96. The molecule has 134 valence electrons. The Kier molecular flexibility index (Phi) is 4.88. The van der Waals surface area contributed by atoms with Crippen molar-refractivity contribution in [3.05, 3.63) is 58.5 Å². The second-order valence-corrected chi connectivity index (χ2v) is 5.71. The third kappa shape index (κ3) is 3.37. The summed E-state index contributed by atoms with van der Waals surface area (Å²) in [6.45, 7) is 0. The minimum atomic E-state index is -0.259. The van der Waals surface area contributed by atoms with Crippen molar-refractivity contribution in [3.8, 4) is 11.5 Å². The smallest absolute Gasteiger partial charge is 0.274 e. The first-order valence-corrected chi connectivity index (χ1v) is 8.00. The summed E-state index contributed by atoms with van der Waals surface area (Å²) >= 11 is 0. The molecule has 1 aromatic heterocycles. The predicted molar refractivity (Wildman–Crippen MR) is 98.9 cm³/mol. The van der Waals surface area contributed by atoms with Crippen LogP contribution in [0, 0.1) is 0 Å². The van der Waals surface area contributed by atoms with Crippen LogP contribution < -0.4 is 20.3 Å². The zero-order chi connectivity index (χ0) is 18.7. The third-order valence-electron chi connectivity index (χ3n) is 4.04. The number of benzene rings is 2. The molecule has 1 N–H and O–H groups in total. The van der Waals surface area contributed by atoms with E-state index in [1.54, 1.807) is 50.6 Å². The van der Waals surface area contributed by atoms with Gasteiger partial charge in [-0.1, -0.05) is 18.2 Å². The number of amides is 1. The van der Waals surface area contributed by atoms with Crippen LogP contribution in [0.3, 0.4) is 0 Å². The van der Waals surface area contributed by atoms with E-state index in [1.165, 1.54) is 11.8 Å². The fraction of sp³-hybridized carbons (Fsp3) is 0.211. The molecule has 7 heteroatoms. The van der Waals surface area contributed by atoms with Crippen molar-refractivity contribution >= 4 is 22.4 Å². The van der Waals surface area contributed by atoms with Crippen LogP contribution in [0.15, 0.2) is 47.3 Å². The second-order valence-electron chi connectivity index (χ2n) is 5.71. The average molecular weight is 353 g/mol. The van der Waals surface area contributed by atoms with Gasteiger partial charge in [-0.25, -0.2) is 4.68 Å². The number of anilines is 1. The summed E-state index contributed by atoms with van der Waals surface area (Å²) < 4.78 is 11.7. The van der Waals surface area contributed by atoms with Crippen LogP contribution in [0.4, 0.5) is 5.69 Å². The average Bonchev–Trinajstić information content (AvgIpc) is 2.66. The van der Waals surface area contributed by atoms with Gasteiger partial charge in [0, 0.05) is 18.5 Å². The third-order valence-corrected chi connectivity index (χ3v) is 4.04. The van der Waals surface area contributed by atoms with Gasteiger partial charge in [-0.3, -0.25) is 9.59 Å². The van der Waals surface area contributed by atoms with E-state index in [1.807, 2.05) is 6.07 Å².